The van der Waals surface area contributed by atoms with Crippen LogP contribution in [0.1, 0.15) is 19.4 Å². The van der Waals surface area contributed by atoms with Gasteiger partial charge in [-0.25, -0.2) is 4.39 Å². The lowest BCUT2D eigenvalue weighted by Crippen LogP contribution is -2.37. The molecule has 0 aliphatic heterocycles. The average molecular weight is 208 g/mol. The first kappa shape index (κ1) is 11.5. The summed E-state index contributed by atoms with van der Waals surface area (Å²) in [5.74, 6) is -0.204. The van der Waals surface area contributed by atoms with Crippen molar-refractivity contribution in [1.82, 2.24) is 0 Å². The molecule has 2 N–H and O–H groups in total. The molecule has 0 aliphatic carbocycles. The van der Waals surface area contributed by atoms with Crippen LogP contribution in [0.3, 0.4) is 0 Å². The van der Waals surface area contributed by atoms with Crippen LogP contribution >= 0.6 is 0 Å². The number of nitriles is 1. The third-order valence-electron chi connectivity index (χ3n) is 1.95. The van der Waals surface area contributed by atoms with E-state index in [4.69, 9.17) is 15.7 Å². The van der Waals surface area contributed by atoms with Crippen molar-refractivity contribution in [3.05, 3.63) is 29.6 Å². The highest BCUT2D eigenvalue weighted by Crippen LogP contribution is 2.20. The molecule has 0 saturated carbocycles. The van der Waals surface area contributed by atoms with Crippen LogP contribution in [0.4, 0.5) is 4.39 Å². The number of benzene rings is 1. The molecular weight excluding hydrogens is 195 g/mol. The molecule has 0 spiro atoms. The first-order valence-corrected chi connectivity index (χ1v) is 4.57. The highest BCUT2D eigenvalue weighted by molar-refractivity contribution is 5.36. The van der Waals surface area contributed by atoms with Gasteiger partial charge in [0.15, 0.2) is 0 Å². The average Bonchev–Trinajstić information content (AvgIpc) is 2.17. The molecule has 1 aromatic rings. The highest BCUT2D eigenvalue weighted by atomic mass is 19.1. The van der Waals surface area contributed by atoms with Crippen LogP contribution in [-0.4, -0.2) is 12.1 Å². The zero-order chi connectivity index (χ0) is 11.5. The van der Waals surface area contributed by atoms with E-state index in [0.717, 1.165) is 0 Å². The van der Waals surface area contributed by atoms with Crippen LogP contribution in [0.25, 0.3) is 0 Å². The molecule has 0 aromatic heterocycles. The first-order chi connectivity index (χ1) is 6.98. The third kappa shape index (κ3) is 2.93. The Morgan fingerprint density at radius 1 is 1.53 bits per heavy atom. The molecule has 80 valence electrons. The maximum absolute atomic E-state index is 13.2. The van der Waals surface area contributed by atoms with E-state index in [1.165, 1.54) is 12.1 Å². The molecule has 0 amide bonds. The summed E-state index contributed by atoms with van der Waals surface area (Å²) in [7, 11) is 0. The fourth-order valence-electron chi connectivity index (χ4n) is 1.01. The second-order valence-electron chi connectivity index (χ2n) is 3.82. The van der Waals surface area contributed by atoms with Gasteiger partial charge in [0, 0.05) is 12.6 Å². The largest absolute Gasteiger partial charge is 0.486 e. The van der Waals surface area contributed by atoms with Crippen LogP contribution in [0, 0.1) is 17.1 Å². The first-order valence-electron chi connectivity index (χ1n) is 4.57. The SMILES string of the molecule is CC(C)(CN)Oc1ccc(C#N)c(F)c1. The van der Waals surface area contributed by atoms with Crippen LogP contribution in [0.15, 0.2) is 18.2 Å². The van der Waals surface area contributed by atoms with Crippen LogP contribution < -0.4 is 10.5 Å². The number of nitrogens with two attached hydrogens (primary N) is 1. The second-order valence-corrected chi connectivity index (χ2v) is 3.82. The van der Waals surface area contributed by atoms with Crippen LogP contribution in [0.5, 0.6) is 5.75 Å². The number of nitrogens with zero attached hydrogens (tertiary/aromatic N) is 1. The Labute approximate surface area is 88.3 Å². The van der Waals surface area contributed by atoms with E-state index in [0.29, 0.717) is 12.3 Å². The molecule has 1 aromatic carbocycles. The Hall–Kier alpha value is -1.60. The summed E-state index contributed by atoms with van der Waals surface area (Å²) in [6.07, 6.45) is 0. The molecule has 0 radical (unpaired) electrons. The Morgan fingerprint density at radius 2 is 2.20 bits per heavy atom. The van der Waals surface area contributed by atoms with Crippen molar-refractivity contribution < 1.29 is 9.13 Å². The Balaban J connectivity index is 2.90. The predicted molar refractivity (Wildman–Crippen MR) is 54.9 cm³/mol. The topological polar surface area (TPSA) is 59.0 Å². The Morgan fingerprint density at radius 3 is 2.67 bits per heavy atom. The minimum atomic E-state index is -0.581. The molecule has 0 atom stereocenters. The van der Waals surface area contributed by atoms with Gasteiger partial charge in [0.1, 0.15) is 23.2 Å². The lowest BCUT2D eigenvalue weighted by Gasteiger charge is -2.24. The number of halogens is 1. The molecular formula is C11H13FN2O. The fraction of sp³-hybridized carbons (Fsp3) is 0.364. The standard InChI is InChI=1S/C11H13FN2O/c1-11(2,7-14)15-9-4-3-8(6-13)10(12)5-9/h3-5H,7,14H2,1-2H3. The maximum atomic E-state index is 13.2. The molecule has 4 heteroatoms. The molecule has 15 heavy (non-hydrogen) atoms. The predicted octanol–water partition coefficient (Wildman–Crippen LogP) is 1.81. The molecule has 0 fully saturated rings. The molecule has 0 heterocycles. The summed E-state index contributed by atoms with van der Waals surface area (Å²) < 4.78 is 18.7. The number of hydrogen-bond acceptors (Lipinski definition) is 3. The van der Waals surface area contributed by atoms with Crippen molar-refractivity contribution in [2.24, 2.45) is 5.73 Å². The van der Waals surface area contributed by atoms with E-state index >= 15 is 0 Å². The summed E-state index contributed by atoms with van der Waals surface area (Å²) >= 11 is 0. The van der Waals surface area contributed by atoms with Gasteiger partial charge in [-0.05, 0) is 26.0 Å². The monoisotopic (exact) mass is 208 g/mol. The van der Waals surface area contributed by atoms with E-state index in [1.54, 1.807) is 12.1 Å². The van der Waals surface area contributed by atoms with E-state index in [2.05, 4.69) is 0 Å². The van der Waals surface area contributed by atoms with Gasteiger partial charge >= 0.3 is 0 Å². The fourth-order valence-corrected chi connectivity index (χ4v) is 1.01. The van der Waals surface area contributed by atoms with Gasteiger partial charge in [-0.2, -0.15) is 5.26 Å². The van der Waals surface area contributed by atoms with Crippen molar-refractivity contribution in [2.75, 3.05) is 6.54 Å². The molecule has 3 nitrogen and oxygen atoms in total. The lowest BCUT2D eigenvalue weighted by atomic mass is 10.1. The summed E-state index contributed by atoms with van der Waals surface area (Å²) in [5.41, 5.74) is 4.94. The highest BCUT2D eigenvalue weighted by Gasteiger charge is 2.17. The van der Waals surface area contributed by atoms with Crippen molar-refractivity contribution in [1.29, 1.82) is 5.26 Å². The van der Waals surface area contributed by atoms with Crippen molar-refractivity contribution in [2.45, 2.75) is 19.4 Å². The second kappa shape index (κ2) is 4.28. The van der Waals surface area contributed by atoms with Gasteiger partial charge in [0.2, 0.25) is 0 Å². The Kier molecular flexibility index (Phi) is 3.28. The summed E-state index contributed by atoms with van der Waals surface area (Å²) in [6, 6.07) is 5.88. The van der Waals surface area contributed by atoms with E-state index in [1.807, 2.05) is 13.8 Å². The van der Waals surface area contributed by atoms with E-state index in [-0.39, 0.29) is 5.56 Å². The molecule has 0 unspecified atom stereocenters. The molecule has 1 rings (SSSR count). The summed E-state index contributed by atoms with van der Waals surface area (Å²) in [6.45, 7) is 3.95. The van der Waals surface area contributed by atoms with E-state index < -0.39 is 11.4 Å². The van der Waals surface area contributed by atoms with Gasteiger partial charge in [0.25, 0.3) is 0 Å². The van der Waals surface area contributed by atoms with Gasteiger partial charge in [0.05, 0.1) is 5.56 Å². The van der Waals surface area contributed by atoms with Gasteiger partial charge in [-0.3, -0.25) is 0 Å². The van der Waals surface area contributed by atoms with Gasteiger partial charge < -0.3 is 10.5 Å². The van der Waals surface area contributed by atoms with E-state index in [9.17, 15) is 4.39 Å². The molecule has 0 aliphatic rings. The summed E-state index contributed by atoms with van der Waals surface area (Å²) in [5, 5.41) is 8.54. The van der Waals surface area contributed by atoms with Gasteiger partial charge in [-0.1, -0.05) is 0 Å². The smallest absolute Gasteiger partial charge is 0.144 e. The molecule has 0 bridgehead atoms. The minimum absolute atomic E-state index is 0.00732. The maximum Gasteiger partial charge on any atom is 0.144 e. The minimum Gasteiger partial charge on any atom is -0.486 e. The van der Waals surface area contributed by atoms with Crippen molar-refractivity contribution >= 4 is 0 Å². The lowest BCUT2D eigenvalue weighted by molar-refractivity contribution is 0.118. The quantitative estimate of drug-likeness (QED) is 0.824. The third-order valence-corrected chi connectivity index (χ3v) is 1.95. The zero-order valence-corrected chi connectivity index (χ0v) is 8.75. The van der Waals surface area contributed by atoms with Crippen LogP contribution in [-0.2, 0) is 0 Å². The Bertz CT molecular complexity index is 396. The zero-order valence-electron chi connectivity index (χ0n) is 8.75. The summed E-state index contributed by atoms with van der Waals surface area (Å²) in [4.78, 5) is 0. The number of hydrogen-bond donors (Lipinski definition) is 1. The molecule has 0 saturated heterocycles. The van der Waals surface area contributed by atoms with Gasteiger partial charge in [-0.15, -0.1) is 0 Å². The van der Waals surface area contributed by atoms with Crippen molar-refractivity contribution in [3.8, 4) is 11.8 Å². The number of rotatable bonds is 3. The van der Waals surface area contributed by atoms with Crippen LogP contribution in [0.2, 0.25) is 0 Å². The van der Waals surface area contributed by atoms with Crippen molar-refractivity contribution in [3.63, 3.8) is 0 Å². The number of ether oxygens (including phenoxy) is 1. The normalized spacial score (nSPS) is 10.9.